The predicted octanol–water partition coefficient (Wildman–Crippen LogP) is 2.03. The summed E-state index contributed by atoms with van der Waals surface area (Å²) in [5, 5.41) is 20.7. The Bertz CT molecular complexity index is 668. The summed E-state index contributed by atoms with van der Waals surface area (Å²) in [5.74, 6) is -0.921. The number of carbonyl (C=O) groups excluding carboxylic acids is 1. The van der Waals surface area contributed by atoms with E-state index in [1.165, 1.54) is 18.3 Å². The van der Waals surface area contributed by atoms with E-state index in [-0.39, 0.29) is 34.5 Å². The van der Waals surface area contributed by atoms with E-state index in [2.05, 4.69) is 4.98 Å². The van der Waals surface area contributed by atoms with Gasteiger partial charge in [-0.2, -0.15) is 0 Å². The average Bonchev–Trinajstić information content (AvgIpc) is 2.38. The molecule has 0 saturated carbocycles. The maximum Gasteiger partial charge on any atom is 0.339 e. The Balaban J connectivity index is 2.81. The number of aromatic nitrogens is 1. The smallest absolute Gasteiger partial charge is 0.339 e. The Morgan fingerprint density at radius 3 is 2.84 bits per heavy atom. The minimum atomic E-state index is -0.691. The molecule has 7 nitrogen and oxygen atoms in total. The quantitative estimate of drug-likeness (QED) is 0.515. The van der Waals surface area contributed by atoms with Crippen LogP contribution in [0.4, 0.5) is 5.69 Å². The number of hydrogen-bond donors (Lipinski definition) is 1. The van der Waals surface area contributed by atoms with E-state index in [4.69, 9.17) is 4.74 Å². The van der Waals surface area contributed by atoms with Crippen molar-refractivity contribution in [2.24, 2.45) is 0 Å². The fraction of sp³-hybridized carbons (Fsp3) is 0.167. The molecule has 1 aromatic carbocycles. The number of rotatable bonds is 3. The number of phenolic OH excluding ortho intramolecular Hbond substituents is 1. The lowest BCUT2D eigenvalue weighted by Crippen LogP contribution is -2.07. The highest BCUT2D eigenvalue weighted by Crippen LogP contribution is 2.33. The highest BCUT2D eigenvalue weighted by molar-refractivity contribution is 6.08. The number of nitro groups is 1. The summed E-state index contributed by atoms with van der Waals surface area (Å²) < 4.78 is 4.84. The van der Waals surface area contributed by atoms with Crippen LogP contribution in [0.2, 0.25) is 0 Å². The van der Waals surface area contributed by atoms with Gasteiger partial charge >= 0.3 is 5.97 Å². The highest BCUT2D eigenvalue weighted by atomic mass is 16.6. The molecule has 98 valence electrons. The molecule has 1 aromatic heterocycles. The van der Waals surface area contributed by atoms with Gasteiger partial charge < -0.3 is 9.84 Å². The van der Waals surface area contributed by atoms with Gasteiger partial charge in [-0.15, -0.1) is 0 Å². The van der Waals surface area contributed by atoms with Crippen molar-refractivity contribution in [2.75, 3.05) is 6.61 Å². The number of nitro benzene ring substituents is 1. The second kappa shape index (κ2) is 4.89. The van der Waals surface area contributed by atoms with Crippen molar-refractivity contribution in [3.8, 4) is 5.75 Å². The number of ether oxygens (including phenoxy) is 1. The molecule has 2 rings (SSSR count). The predicted molar refractivity (Wildman–Crippen MR) is 66.0 cm³/mol. The molecule has 0 saturated heterocycles. The fourth-order valence-electron chi connectivity index (χ4n) is 1.77. The summed E-state index contributed by atoms with van der Waals surface area (Å²) in [6.45, 7) is 1.78. The molecule has 2 aromatic rings. The van der Waals surface area contributed by atoms with Gasteiger partial charge in [0.15, 0.2) is 0 Å². The maximum absolute atomic E-state index is 11.8. The first kappa shape index (κ1) is 12.7. The SMILES string of the molecule is CCOC(=O)c1ccnc2c(O)ccc([N+](=O)[O-])c12. The lowest BCUT2D eigenvalue weighted by atomic mass is 10.1. The third kappa shape index (κ3) is 2.17. The number of nitrogens with zero attached hydrogens (tertiary/aromatic N) is 2. The van der Waals surface area contributed by atoms with Gasteiger partial charge in [-0.1, -0.05) is 0 Å². The number of aromatic hydroxyl groups is 1. The summed E-state index contributed by atoms with van der Waals surface area (Å²) in [6, 6.07) is 3.62. The van der Waals surface area contributed by atoms with E-state index in [1.54, 1.807) is 6.92 Å². The molecule has 0 spiro atoms. The van der Waals surface area contributed by atoms with Crippen molar-refractivity contribution in [3.63, 3.8) is 0 Å². The highest BCUT2D eigenvalue weighted by Gasteiger charge is 2.22. The first-order valence-corrected chi connectivity index (χ1v) is 5.48. The van der Waals surface area contributed by atoms with Crippen LogP contribution < -0.4 is 0 Å². The second-order valence-electron chi connectivity index (χ2n) is 3.66. The summed E-state index contributed by atoms with van der Waals surface area (Å²) in [5.41, 5.74) is -0.293. The molecule has 0 aliphatic carbocycles. The molecule has 0 fully saturated rings. The molecule has 0 amide bonds. The number of esters is 1. The Morgan fingerprint density at radius 2 is 2.21 bits per heavy atom. The number of carbonyl (C=O) groups is 1. The van der Waals surface area contributed by atoms with E-state index in [9.17, 15) is 20.0 Å². The van der Waals surface area contributed by atoms with Crippen molar-refractivity contribution < 1.29 is 19.6 Å². The van der Waals surface area contributed by atoms with Gasteiger partial charge in [0.1, 0.15) is 11.3 Å². The van der Waals surface area contributed by atoms with Crippen LogP contribution in [-0.4, -0.2) is 27.6 Å². The summed E-state index contributed by atoms with van der Waals surface area (Å²) in [4.78, 5) is 26.0. The third-order valence-corrected chi connectivity index (χ3v) is 2.54. The lowest BCUT2D eigenvalue weighted by Gasteiger charge is -2.07. The van der Waals surface area contributed by atoms with Gasteiger partial charge in [0.05, 0.1) is 22.5 Å². The zero-order chi connectivity index (χ0) is 14.0. The van der Waals surface area contributed by atoms with Crippen LogP contribution in [0.3, 0.4) is 0 Å². The van der Waals surface area contributed by atoms with E-state index in [1.807, 2.05) is 0 Å². The van der Waals surface area contributed by atoms with E-state index in [0.717, 1.165) is 6.07 Å². The van der Waals surface area contributed by atoms with Crippen LogP contribution >= 0.6 is 0 Å². The number of phenols is 1. The molecule has 0 atom stereocenters. The van der Waals surface area contributed by atoms with Crippen molar-refractivity contribution in [3.05, 3.63) is 40.1 Å². The van der Waals surface area contributed by atoms with Crippen molar-refractivity contribution in [1.82, 2.24) is 4.98 Å². The summed E-state index contributed by atoms with van der Waals surface area (Å²) >= 11 is 0. The number of pyridine rings is 1. The van der Waals surface area contributed by atoms with Gasteiger partial charge in [0.2, 0.25) is 0 Å². The topological polar surface area (TPSA) is 103 Å². The third-order valence-electron chi connectivity index (χ3n) is 2.54. The van der Waals surface area contributed by atoms with Crippen LogP contribution in [0.15, 0.2) is 24.4 Å². The van der Waals surface area contributed by atoms with Crippen LogP contribution in [0, 0.1) is 10.1 Å². The Hall–Kier alpha value is -2.70. The van der Waals surface area contributed by atoms with Crippen LogP contribution in [-0.2, 0) is 4.74 Å². The zero-order valence-electron chi connectivity index (χ0n) is 9.99. The number of hydrogen-bond acceptors (Lipinski definition) is 6. The largest absolute Gasteiger partial charge is 0.506 e. The maximum atomic E-state index is 11.8. The molecule has 1 heterocycles. The molecular formula is C12H10N2O5. The first-order chi connectivity index (χ1) is 9.06. The molecule has 7 heteroatoms. The second-order valence-corrected chi connectivity index (χ2v) is 3.66. The molecule has 0 radical (unpaired) electrons. The molecule has 1 N–H and O–H groups in total. The van der Waals surface area contributed by atoms with Crippen molar-refractivity contribution in [1.29, 1.82) is 0 Å². The van der Waals surface area contributed by atoms with Gasteiger partial charge in [-0.05, 0) is 19.1 Å². The van der Waals surface area contributed by atoms with Gasteiger partial charge in [0, 0.05) is 12.3 Å². The van der Waals surface area contributed by atoms with Gasteiger partial charge in [-0.3, -0.25) is 15.1 Å². The van der Waals surface area contributed by atoms with Crippen LogP contribution in [0.5, 0.6) is 5.75 Å². The fourth-order valence-corrected chi connectivity index (χ4v) is 1.77. The number of non-ortho nitro benzene ring substituents is 1. The molecule has 0 unspecified atom stereocenters. The lowest BCUT2D eigenvalue weighted by molar-refractivity contribution is -0.383. The molecule has 0 bridgehead atoms. The Labute approximate surface area is 107 Å². The Morgan fingerprint density at radius 1 is 1.47 bits per heavy atom. The van der Waals surface area contributed by atoms with Gasteiger partial charge in [-0.25, -0.2) is 4.79 Å². The minimum absolute atomic E-state index is 0.000229. The van der Waals surface area contributed by atoms with Crippen LogP contribution in [0.25, 0.3) is 10.9 Å². The average molecular weight is 262 g/mol. The van der Waals surface area contributed by atoms with Crippen molar-refractivity contribution >= 4 is 22.6 Å². The summed E-state index contributed by atoms with van der Waals surface area (Å²) in [6.07, 6.45) is 1.29. The zero-order valence-corrected chi connectivity index (χ0v) is 9.99. The van der Waals surface area contributed by atoms with Crippen molar-refractivity contribution in [2.45, 2.75) is 6.92 Å². The number of fused-ring (bicyclic) bond motifs is 1. The number of benzene rings is 1. The van der Waals surface area contributed by atoms with Crippen LogP contribution in [0.1, 0.15) is 17.3 Å². The first-order valence-electron chi connectivity index (χ1n) is 5.48. The van der Waals surface area contributed by atoms with E-state index < -0.39 is 10.9 Å². The van der Waals surface area contributed by atoms with Gasteiger partial charge in [0.25, 0.3) is 5.69 Å². The molecule has 19 heavy (non-hydrogen) atoms. The summed E-state index contributed by atoms with van der Waals surface area (Å²) in [7, 11) is 0. The van der Waals surface area contributed by atoms with E-state index >= 15 is 0 Å². The Kier molecular flexibility index (Phi) is 3.28. The molecule has 0 aliphatic heterocycles. The monoisotopic (exact) mass is 262 g/mol. The normalized spacial score (nSPS) is 10.4. The standard InChI is InChI=1S/C12H10N2O5/c1-2-19-12(16)7-5-6-13-11-9(15)4-3-8(10(7)11)14(17)18/h3-6,15H,2H2,1H3. The molecule has 0 aliphatic rings. The van der Waals surface area contributed by atoms with E-state index in [0.29, 0.717) is 0 Å². The molecular weight excluding hydrogens is 252 g/mol. The minimum Gasteiger partial charge on any atom is -0.506 e.